The number of guanidine groups is 1. The highest BCUT2D eigenvalue weighted by Crippen LogP contribution is 2.12. The number of nitrogens with zero attached hydrogens (tertiary/aromatic N) is 1. The normalized spacial score (nSPS) is 17.8. The average molecular weight is 610 g/mol. The molecule has 2 aromatic carbocycles. The number of rotatable bonds is 15. The van der Waals surface area contributed by atoms with E-state index in [9.17, 15) is 29.4 Å². The van der Waals surface area contributed by atoms with Crippen molar-refractivity contribution in [1.29, 1.82) is 0 Å². The van der Waals surface area contributed by atoms with Gasteiger partial charge in [0.2, 0.25) is 11.8 Å². The van der Waals surface area contributed by atoms with Crippen LogP contribution in [0.15, 0.2) is 65.7 Å². The number of carboxylic acids is 1. The van der Waals surface area contributed by atoms with Gasteiger partial charge in [-0.1, -0.05) is 80.9 Å². The highest BCUT2D eigenvalue weighted by molar-refractivity contribution is 5.94. The van der Waals surface area contributed by atoms with Crippen LogP contribution in [0.5, 0.6) is 0 Å². The lowest BCUT2D eigenvalue weighted by Crippen LogP contribution is -2.65. The summed E-state index contributed by atoms with van der Waals surface area (Å²) in [7, 11) is 0. The van der Waals surface area contributed by atoms with Crippen molar-refractivity contribution in [2.75, 3.05) is 13.2 Å². The first kappa shape index (κ1) is 33.8. The molecular formula is C31H43N7O6. The predicted octanol–water partition coefficient (Wildman–Crippen LogP) is 0.277. The van der Waals surface area contributed by atoms with Crippen molar-refractivity contribution in [2.45, 2.75) is 69.7 Å². The van der Waals surface area contributed by atoms with Crippen LogP contribution in [-0.4, -0.2) is 83.3 Å². The molecule has 1 aliphatic rings. The Labute approximate surface area is 257 Å². The molecule has 1 heterocycles. The molecule has 9 N–H and O–H groups in total. The second kappa shape index (κ2) is 16.8. The number of nitrogens with one attached hydrogen (secondary N) is 5. The maximum absolute atomic E-state index is 13.8. The van der Waals surface area contributed by atoms with Crippen molar-refractivity contribution in [3.8, 4) is 0 Å². The zero-order valence-electron chi connectivity index (χ0n) is 25.0. The van der Waals surface area contributed by atoms with Gasteiger partial charge in [-0.15, -0.1) is 0 Å². The van der Waals surface area contributed by atoms with E-state index in [1.165, 1.54) is 0 Å². The van der Waals surface area contributed by atoms with Crippen molar-refractivity contribution < 1.29 is 29.4 Å². The van der Waals surface area contributed by atoms with Crippen LogP contribution in [0.1, 0.15) is 37.8 Å². The second-order valence-electron chi connectivity index (χ2n) is 10.9. The number of aliphatic hydroxyl groups excluding tert-OH is 1. The Bertz CT molecular complexity index is 1280. The fraction of sp³-hybridized carbons (Fsp3) is 0.452. The first-order valence-corrected chi connectivity index (χ1v) is 14.8. The number of aliphatic carboxylic acids is 1. The van der Waals surface area contributed by atoms with Crippen LogP contribution in [0.2, 0.25) is 0 Å². The molecule has 238 valence electrons. The number of aliphatic imine (C=N–C) groups is 1. The molecule has 2 aromatic rings. The summed E-state index contributed by atoms with van der Waals surface area (Å²) in [4.78, 5) is 56.3. The maximum atomic E-state index is 13.8. The van der Waals surface area contributed by atoms with Gasteiger partial charge in [-0.05, 0) is 29.9 Å². The largest absolute Gasteiger partial charge is 0.480 e. The van der Waals surface area contributed by atoms with Crippen molar-refractivity contribution in [2.24, 2.45) is 16.6 Å². The van der Waals surface area contributed by atoms with Crippen molar-refractivity contribution in [1.82, 2.24) is 26.6 Å². The number of carbonyl (C=O) groups is 4. The number of urea groups is 1. The van der Waals surface area contributed by atoms with E-state index in [2.05, 4.69) is 31.6 Å². The van der Waals surface area contributed by atoms with Gasteiger partial charge in [0, 0.05) is 13.0 Å². The molecule has 0 spiro atoms. The fourth-order valence-electron chi connectivity index (χ4n) is 4.92. The van der Waals surface area contributed by atoms with E-state index in [4.69, 9.17) is 5.73 Å². The molecule has 0 fully saturated rings. The number of hydrogen-bond donors (Lipinski definition) is 8. The molecule has 0 aromatic heterocycles. The van der Waals surface area contributed by atoms with Gasteiger partial charge in [0.15, 0.2) is 5.96 Å². The summed E-state index contributed by atoms with van der Waals surface area (Å²) in [6.45, 7) is 3.70. The van der Waals surface area contributed by atoms with E-state index in [0.717, 1.165) is 5.56 Å². The molecule has 3 rings (SSSR count). The summed E-state index contributed by atoms with van der Waals surface area (Å²) in [5, 5.41) is 33.3. The molecule has 44 heavy (non-hydrogen) atoms. The van der Waals surface area contributed by atoms with Crippen LogP contribution in [0.3, 0.4) is 0 Å². The molecule has 6 atom stereocenters. The quantitative estimate of drug-likeness (QED) is 0.140. The van der Waals surface area contributed by atoms with Crippen molar-refractivity contribution >= 4 is 29.8 Å². The molecule has 6 unspecified atom stereocenters. The Morgan fingerprint density at radius 1 is 0.932 bits per heavy atom. The Balaban J connectivity index is 1.75. The number of benzene rings is 2. The van der Waals surface area contributed by atoms with Crippen LogP contribution < -0.4 is 32.3 Å². The number of aliphatic hydroxyl groups is 1. The minimum atomic E-state index is -1.26. The minimum absolute atomic E-state index is 0.0347. The monoisotopic (exact) mass is 609 g/mol. The van der Waals surface area contributed by atoms with Crippen LogP contribution in [0.25, 0.3) is 0 Å². The lowest BCUT2D eigenvalue weighted by molar-refractivity contribution is -0.139. The second-order valence-corrected chi connectivity index (χ2v) is 10.9. The number of carbonyl (C=O) groups excluding carboxylic acids is 3. The molecular weight excluding hydrogens is 566 g/mol. The molecule has 0 bridgehead atoms. The Kier molecular flexibility index (Phi) is 13.0. The van der Waals surface area contributed by atoms with Crippen molar-refractivity contribution in [3.05, 3.63) is 71.8 Å². The third-order valence-corrected chi connectivity index (χ3v) is 7.60. The summed E-state index contributed by atoms with van der Waals surface area (Å²) >= 11 is 0. The Morgan fingerprint density at radius 3 is 2.09 bits per heavy atom. The third-order valence-electron chi connectivity index (χ3n) is 7.60. The van der Waals surface area contributed by atoms with E-state index in [1.54, 1.807) is 30.3 Å². The van der Waals surface area contributed by atoms with Gasteiger partial charge in [-0.2, -0.15) is 0 Å². The fourth-order valence-corrected chi connectivity index (χ4v) is 4.92. The Hall–Kier alpha value is -4.65. The lowest BCUT2D eigenvalue weighted by atomic mass is 9.96. The third kappa shape index (κ3) is 10.3. The first-order valence-electron chi connectivity index (χ1n) is 14.8. The number of hydrogen-bond acceptors (Lipinski definition) is 8. The van der Waals surface area contributed by atoms with Gasteiger partial charge in [0.25, 0.3) is 0 Å². The van der Waals surface area contributed by atoms with E-state index in [1.807, 2.05) is 44.2 Å². The van der Waals surface area contributed by atoms with Crippen LogP contribution in [0, 0.1) is 5.92 Å². The molecule has 0 saturated carbocycles. The molecule has 13 heteroatoms. The van der Waals surface area contributed by atoms with E-state index >= 15 is 0 Å². The summed E-state index contributed by atoms with van der Waals surface area (Å²) in [5.74, 6) is -2.57. The number of carboxylic acid groups (broad SMARTS) is 1. The molecule has 1 aliphatic heterocycles. The molecule has 0 aliphatic carbocycles. The highest BCUT2D eigenvalue weighted by atomic mass is 16.4. The van der Waals surface area contributed by atoms with Gasteiger partial charge in [-0.25, -0.2) is 9.59 Å². The highest BCUT2D eigenvalue weighted by Gasteiger charge is 2.36. The number of amides is 4. The summed E-state index contributed by atoms with van der Waals surface area (Å²) in [5.41, 5.74) is 7.51. The summed E-state index contributed by atoms with van der Waals surface area (Å²) in [6, 6.07) is 12.6. The maximum Gasteiger partial charge on any atom is 0.326 e. The van der Waals surface area contributed by atoms with E-state index < -0.39 is 54.0 Å². The summed E-state index contributed by atoms with van der Waals surface area (Å²) in [6.07, 6.45) is 1.33. The van der Waals surface area contributed by atoms with Gasteiger partial charge < -0.3 is 42.5 Å². The van der Waals surface area contributed by atoms with Crippen LogP contribution in [0.4, 0.5) is 4.79 Å². The molecule has 4 amide bonds. The molecule has 0 saturated heterocycles. The molecule has 0 radical (unpaired) electrons. The predicted molar refractivity (Wildman–Crippen MR) is 166 cm³/mol. The van der Waals surface area contributed by atoms with Crippen LogP contribution >= 0.6 is 0 Å². The SMILES string of the molecule is CCC(C)C(NC(=O)C(NC(=O)NC(Cc1ccccc1)C(=O)O)C1CCN=C(N)N1)C(=O)NC(CO)Cc1ccccc1. The zero-order chi connectivity index (χ0) is 32.1. The van der Waals surface area contributed by atoms with E-state index in [-0.39, 0.29) is 24.9 Å². The van der Waals surface area contributed by atoms with E-state index in [0.29, 0.717) is 31.4 Å². The first-order chi connectivity index (χ1) is 21.1. The molecule has 13 nitrogen and oxygen atoms in total. The standard InChI is InChI=1S/C31H43N7O6/c1-3-19(2)25(27(40)34-22(18-39)16-20-10-6-4-7-11-20)37-28(41)26(23-14-15-33-30(32)35-23)38-31(44)36-24(29(42)43)17-21-12-8-5-9-13-21/h4-13,19,22-26,39H,3,14-18H2,1-2H3,(H,34,40)(H,37,41)(H,42,43)(H3,32,33,35)(H2,36,38,44). The van der Waals surface area contributed by atoms with Gasteiger partial charge >= 0.3 is 12.0 Å². The smallest absolute Gasteiger partial charge is 0.326 e. The van der Waals surface area contributed by atoms with Gasteiger partial charge in [0.1, 0.15) is 18.1 Å². The minimum Gasteiger partial charge on any atom is -0.480 e. The van der Waals surface area contributed by atoms with Gasteiger partial charge in [-0.3, -0.25) is 14.6 Å². The number of nitrogens with two attached hydrogens (primary N) is 1. The summed E-state index contributed by atoms with van der Waals surface area (Å²) < 4.78 is 0. The topological polar surface area (TPSA) is 207 Å². The zero-order valence-corrected chi connectivity index (χ0v) is 25.0. The Morgan fingerprint density at radius 2 is 1.55 bits per heavy atom. The van der Waals surface area contributed by atoms with Crippen molar-refractivity contribution in [3.63, 3.8) is 0 Å². The average Bonchev–Trinajstić information content (AvgIpc) is 3.02. The van der Waals surface area contributed by atoms with Gasteiger partial charge in [0.05, 0.1) is 18.7 Å². The lowest BCUT2D eigenvalue weighted by Gasteiger charge is -2.33. The van der Waals surface area contributed by atoms with Crippen LogP contribution in [-0.2, 0) is 27.2 Å².